The van der Waals surface area contributed by atoms with Gasteiger partial charge in [0, 0.05) is 29.6 Å². The van der Waals surface area contributed by atoms with Gasteiger partial charge in [-0.3, -0.25) is 14.8 Å². The minimum atomic E-state index is -1.03. The third-order valence-corrected chi connectivity index (χ3v) is 6.84. The van der Waals surface area contributed by atoms with Gasteiger partial charge in [-0.25, -0.2) is 4.39 Å². The van der Waals surface area contributed by atoms with E-state index in [9.17, 15) is 19.4 Å². The zero-order valence-electron chi connectivity index (χ0n) is 20.3. The molecular formula is C29H25ClFN3O3. The number of nitrogens with zero attached hydrogens (tertiary/aromatic N) is 3. The fourth-order valence-electron chi connectivity index (χ4n) is 4.51. The van der Waals surface area contributed by atoms with Crippen LogP contribution in [-0.2, 0) is 12.1 Å². The molecule has 2 aromatic heterocycles. The Hall–Kier alpha value is -3.65. The molecule has 4 aromatic rings. The van der Waals surface area contributed by atoms with Crippen molar-refractivity contribution in [3.63, 3.8) is 0 Å². The van der Waals surface area contributed by atoms with Crippen molar-refractivity contribution in [1.29, 1.82) is 0 Å². The lowest BCUT2D eigenvalue weighted by molar-refractivity contribution is 0.0738. The zero-order valence-corrected chi connectivity index (χ0v) is 21.1. The van der Waals surface area contributed by atoms with Gasteiger partial charge in [0.1, 0.15) is 11.4 Å². The molecule has 37 heavy (non-hydrogen) atoms. The van der Waals surface area contributed by atoms with Gasteiger partial charge in [0.25, 0.3) is 5.56 Å². The van der Waals surface area contributed by atoms with Crippen LogP contribution in [0.3, 0.4) is 0 Å². The van der Waals surface area contributed by atoms with Crippen molar-refractivity contribution in [3.8, 4) is 11.1 Å². The Morgan fingerprint density at radius 2 is 1.81 bits per heavy atom. The summed E-state index contributed by atoms with van der Waals surface area (Å²) in [6.07, 6.45) is 3.34. The van der Waals surface area contributed by atoms with Crippen LogP contribution in [-0.4, -0.2) is 32.1 Å². The zero-order chi connectivity index (χ0) is 26.3. The van der Waals surface area contributed by atoms with Crippen molar-refractivity contribution in [3.05, 3.63) is 122 Å². The van der Waals surface area contributed by atoms with E-state index >= 15 is 0 Å². The molecule has 1 atom stereocenters. The van der Waals surface area contributed by atoms with Gasteiger partial charge in [-0.2, -0.15) is 0 Å². The van der Waals surface area contributed by atoms with Crippen molar-refractivity contribution in [2.45, 2.75) is 32.0 Å². The molecule has 2 aromatic carbocycles. The average Bonchev–Trinajstić information content (AvgIpc) is 3.30. The second kappa shape index (κ2) is 9.67. The molecule has 0 spiro atoms. The van der Waals surface area contributed by atoms with E-state index in [1.807, 2.05) is 30.3 Å². The van der Waals surface area contributed by atoms with Gasteiger partial charge in [-0.1, -0.05) is 29.8 Å². The van der Waals surface area contributed by atoms with Crippen LogP contribution >= 0.6 is 11.6 Å². The van der Waals surface area contributed by atoms with E-state index in [0.717, 1.165) is 33.5 Å². The largest absolute Gasteiger partial charge is 0.394 e. The summed E-state index contributed by atoms with van der Waals surface area (Å²) in [5.74, 6) is -0.562. The number of hydrogen-bond acceptors (Lipinski definition) is 5. The number of benzene rings is 2. The fourth-order valence-corrected chi connectivity index (χ4v) is 4.70. The predicted molar refractivity (Wildman–Crippen MR) is 142 cm³/mol. The van der Waals surface area contributed by atoms with Crippen LogP contribution < -0.4 is 5.56 Å². The Morgan fingerprint density at radius 3 is 2.46 bits per heavy atom. The monoisotopic (exact) mass is 517 g/mol. The molecule has 0 amide bonds. The third-order valence-electron chi connectivity index (χ3n) is 6.55. The summed E-state index contributed by atoms with van der Waals surface area (Å²) in [6, 6.07) is 16.4. The van der Waals surface area contributed by atoms with Crippen LogP contribution in [0.15, 0.2) is 82.8 Å². The van der Waals surface area contributed by atoms with Crippen LogP contribution in [0.5, 0.6) is 0 Å². The van der Waals surface area contributed by atoms with Crippen molar-refractivity contribution >= 4 is 17.3 Å². The number of fused-ring (bicyclic) bond motifs is 1. The van der Waals surface area contributed by atoms with E-state index in [0.29, 0.717) is 17.8 Å². The Balaban J connectivity index is 1.46. The summed E-state index contributed by atoms with van der Waals surface area (Å²) in [6.45, 7) is 3.59. The lowest BCUT2D eigenvalue weighted by atomic mass is 9.95. The van der Waals surface area contributed by atoms with E-state index in [2.05, 4.69) is 4.98 Å². The van der Waals surface area contributed by atoms with Gasteiger partial charge in [0.15, 0.2) is 0 Å². The van der Waals surface area contributed by atoms with Crippen molar-refractivity contribution in [1.82, 2.24) is 9.55 Å². The van der Waals surface area contributed by atoms with Gasteiger partial charge >= 0.3 is 0 Å². The Kier molecular flexibility index (Phi) is 6.54. The number of rotatable bonds is 6. The molecule has 188 valence electrons. The molecule has 0 unspecified atom stereocenters. The van der Waals surface area contributed by atoms with Gasteiger partial charge in [-0.15, -0.1) is 0 Å². The SMILES string of the molecule is CC(C)(O)c1ccc(C2=NCc3ccc(-c4ccn([C@H](CO)c5ccc(F)c(Cl)c5)c(=O)c4)cc32)cn1. The summed E-state index contributed by atoms with van der Waals surface area (Å²) in [5, 5.41) is 20.1. The van der Waals surface area contributed by atoms with Crippen molar-refractivity contribution < 1.29 is 14.6 Å². The predicted octanol–water partition coefficient (Wildman–Crippen LogP) is 4.86. The third kappa shape index (κ3) is 4.85. The standard InChI is InChI=1S/C29H25ClFN3O3/c1-29(2,37)26-8-6-21(15-32-26)28-22-11-17(3-4-20(22)14-33-28)18-9-10-34(27(36)13-18)25(16-35)19-5-7-24(31)23(30)12-19/h3-13,15,25,35,37H,14,16H2,1-2H3/t25-/m1/s1. The highest BCUT2D eigenvalue weighted by molar-refractivity contribution is 6.30. The van der Waals surface area contributed by atoms with E-state index in [1.165, 1.54) is 28.8 Å². The minimum Gasteiger partial charge on any atom is -0.394 e. The highest BCUT2D eigenvalue weighted by Crippen LogP contribution is 2.29. The summed E-state index contributed by atoms with van der Waals surface area (Å²) < 4.78 is 15.0. The van der Waals surface area contributed by atoms with Crippen molar-refractivity contribution in [2.75, 3.05) is 6.61 Å². The molecule has 3 heterocycles. The number of aliphatic hydroxyl groups is 2. The number of aliphatic hydroxyl groups excluding tert-OH is 1. The maximum atomic E-state index is 13.6. The second-order valence-electron chi connectivity index (χ2n) is 9.56. The molecule has 1 aliphatic heterocycles. The van der Waals surface area contributed by atoms with Gasteiger partial charge in [-0.05, 0) is 72.5 Å². The van der Waals surface area contributed by atoms with Crippen LogP contribution in [0.2, 0.25) is 5.02 Å². The molecule has 0 radical (unpaired) electrons. The maximum absolute atomic E-state index is 13.6. The highest BCUT2D eigenvalue weighted by atomic mass is 35.5. The average molecular weight is 518 g/mol. The summed E-state index contributed by atoms with van der Waals surface area (Å²) in [5.41, 5.74) is 5.05. The summed E-state index contributed by atoms with van der Waals surface area (Å²) in [4.78, 5) is 22.2. The number of hydrogen-bond donors (Lipinski definition) is 2. The van der Waals surface area contributed by atoms with Crippen LogP contribution in [0.25, 0.3) is 11.1 Å². The van der Waals surface area contributed by atoms with E-state index < -0.39 is 17.5 Å². The molecule has 2 N–H and O–H groups in total. The smallest absolute Gasteiger partial charge is 0.251 e. The molecule has 1 aliphatic rings. The van der Waals surface area contributed by atoms with E-state index in [-0.39, 0.29) is 17.2 Å². The molecule has 0 saturated heterocycles. The lowest BCUT2D eigenvalue weighted by Crippen LogP contribution is -2.26. The molecule has 0 saturated carbocycles. The Labute approximate surface area is 218 Å². The number of aromatic nitrogens is 2. The maximum Gasteiger partial charge on any atom is 0.251 e. The van der Waals surface area contributed by atoms with Gasteiger partial charge < -0.3 is 14.8 Å². The highest BCUT2D eigenvalue weighted by Gasteiger charge is 2.22. The van der Waals surface area contributed by atoms with E-state index in [4.69, 9.17) is 16.6 Å². The lowest BCUT2D eigenvalue weighted by Gasteiger charge is -2.19. The summed E-state index contributed by atoms with van der Waals surface area (Å²) in [7, 11) is 0. The number of pyridine rings is 2. The van der Waals surface area contributed by atoms with Gasteiger partial charge in [0.2, 0.25) is 0 Å². The molecule has 0 bridgehead atoms. The number of halogens is 2. The van der Waals surface area contributed by atoms with Crippen LogP contribution in [0, 0.1) is 5.82 Å². The number of aliphatic imine (C=N–C) groups is 1. The van der Waals surface area contributed by atoms with Gasteiger partial charge in [0.05, 0.1) is 35.6 Å². The molecule has 8 heteroatoms. The first-order valence-electron chi connectivity index (χ1n) is 11.8. The normalized spacial score (nSPS) is 13.8. The quantitative estimate of drug-likeness (QED) is 0.382. The fraction of sp³-hybridized carbons (Fsp3) is 0.207. The minimum absolute atomic E-state index is 0.0684. The Bertz CT molecular complexity index is 1570. The second-order valence-corrected chi connectivity index (χ2v) is 9.97. The topological polar surface area (TPSA) is 87.7 Å². The molecule has 5 rings (SSSR count). The van der Waals surface area contributed by atoms with Crippen LogP contribution in [0.1, 0.15) is 47.8 Å². The first kappa shape index (κ1) is 25.0. The molecular weight excluding hydrogens is 493 g/mol. The van der Waals surface area contributed by atoms with Crippen molar-refractivity contribution in [2.24, 2.45) is 4.99 Å². The first-order chi connectivity index (χ1) is 17.7. The Morgan fingerprint density at radius 1 is 1.05 bits per heavy atom. The molecule has 0 fully saturated rings. The molecule has 6 nitrogen and oxygen atoms in total. The van der Waals surface area contributed by atoms with E-state index in [1.54, 1.807) is 32.3 Å². The molecule has 0 aliphatic carbocycles. The summed E-state index contributed by atoms with van der Waals surface area (Å²) >= 11 is 5.91. The van der Waals surface area contributed by atoms with Crippen LogP contribution in [0.4, 0.5) is 4.39 Å². The first-order valence-corrected chi connectivity index (χ1v) is 12.2.